The first kappa shape index (κ1) is 71.0. The summed E-state index contributed by atoms with van der Waals surface area (Å²) in [6.07, 6.45) is 74.7. The highest BCUT2D eigenvalue weighted by Crippen LogP contribution is 2.15. The van der Waals surface area contributed by atoms with Gasteiger partial charge in [0.25, 0.3) is 6.29 Å². The number of hydrogen-bond donors (Lipinski definition) is 1. The topological polar surface area (TPSA) is 108 Å². The van der Waals surface area contributed by atoms with Gasteiger partial charge in [-0.1, -0.05) is 232 Å². The van der Waals surface area contributed by atoms with E-state index in [1.165, 1.54) is 122 Å². The summed E-state index contributed by atoms with van der Waals surface area (Å²) in [6, 6.07) is 0. The van der Waals surface area contributed by atoms with Gasteiger partial charge in [-0.25, -0.2) is 4.79 Å². The lowest BCUT2D eigenvalue weighted by Gasteiger charge is -2.25. The molecule has 0 saturated carbocycles. The average molecular weight is 1050 g/mol. The van der Waals surface area contributed by atoms with Crippen molar-refractivity contribution in [2.75, 3.05) is 47.5 Å². The van der Waals surface area contributed by atoms with Gasteiger partial charge in [0, 0.05) is 12.8 Å². The molecule has 0 saturated heterocycles. The number of carbonyl (C=O) groups excluding carboxylic acids is 2. The van der Waals surface area contributed by atoms with E-state index in [0.717, 1.165) is 70.6 Å². The SMILES string of the molecule is CC/C=C\C/C=C\C/C=C\C/C=C\C/C=C\C/C=C\C/C=C\CCCC(=O)OC(COC(=O)CCCCCCCCCCCCCCCCC/C=C\C/C=C\CCCCCCC)COC(OCC[N+](C)(C)C)C(=O)O. The van der Waals surface area contributed by atoms with Crippen molar-refractivity contribution in [2.45, 2.75) is 245 Å². The normalized spacial score (nSPS) is 13.6. The Kier molecular flexibility index (Phi) is 53.1. The molecule has 428 valence electrons. The second-order valence-electron chi connectivity index (χ2n) is 20.9. The standard InChI is InChI=1S/C66H111NO8/c1-6-8-10-12-14-16-18-20-22-24-26-28-30-31-32-33-35-36-38-40-42-44-46-48-50-52-54-56-63(68)73-60-62(61-74-66(65(70)71)72-59-58-67(3,4)5)75-64(69)57-55-53-51-49-47-45-43-41-39-37-34-29-27-25-23-21-19-17-15-13-11-9-7-2/h9,11,15,17-18,20-21,23-24,26-27,29,37,39,43,45,49,51,62,66H,6-8,10,12-14,16,19,22,25,28,30-36,38,40-42,44,46-48,50,52-61H2,1-5H3/p+1/b11-9-,17-15-,20-18-,23-21-,26-24-,29-27-,39-37-,45-43-,51-49-. The third-order valence-electron chi connectivity index (χ3n) is 12.5. The molecule has 2 unspecified atom stereocenters. The Balaban J connectivity index is 4.31. The second kappa shape index (κ2) is 56.2. The van der Waals surface area contributed by atoms with Crippen LogP contribution in [-0.4, -0.2) is 87.4 Å². The van der Waals surface area contributed by atoms with Crippen molar-refractivity contribution < 1.29 is 42.9 Å². The Morgan fingerprint density at radius 2 is 0.773 bits per heavy atom. The summed E-state index contributed by atoms with van der Waals surface area (Å²) in [4.78, 5) is 37.4. The Labute approximate surface area is 460 Å². The molecule has 2 atom stereocenters. The zero-order valence-corrected chi connectivity index (χ0v) is 48.7. The fraction of sp³-hybridized carbons (Fsp3) is 0.682. The maximum atomic E-state index is 12.9. The van der Waals surface area contributed by atoms with Crippen LogP contribution in [0.5, 0.6) is 0 Å². The Morgan fingerprint density at radius 1 is 0.413 bits per heavy atom. The second-order valence-corrected chi connectivity index (χ2v) is 20.9. The Morgan fingerprint density at radius 3 is 1.17 bits per heavy atom. The molecule has 0 aliphatic heterocycles. The first-order chi connectivity index (χ1) is 36.6. The maximum Gasteiger partial charge on any atom is 0.361 e. The molecule has 9 heteroatoms. The summed E-state index contributed by atoms with van der Waals surface area (Å²) in [5, 5.41) is 9.71. The zero-order valence-electron chi connectivity index (χ0n) is 48.7. The van der Waals surface area contributed by atoms with Crippen LogP contribution in [-0.2, 0) is 33.3 Å². The molecule has 0 fully saturated rings. The first-order valence-corrected chi connectivity index (χ1v) is 30.1. The van der Waals surface area contributed by atoms with E-state index in [0.29, 0.717) is 23.9 Å². The highest BCUT2D eigenvalue weighted by Gasteiger charge is 2.25. The van der Waals surface area contributed by atoms with E-state index < -0.39 is 24.3 Å². The van der Waals surface area contributed by atoms with Crippen LogP contribution in [0.2, 0.25) is 0 Å². The van der Waals surface area contributed by atoms with Crippen LogP contribution in [0.15, 0.2) is 109 Å². The predicted molar refractivity (Wildman–Crippen MR) is 318 cm³/mol. The summed E-state index contributed by atoms with van der Waals surface area (Å²) < 4.78 is 22.8. The third kappa shape index (κ3) is 57.5. The Bertz CT molecular complexity index is 1590. The van der Waals surface area contributed by atoms with Gasteiger partial charge in [-0.15, -0.1) is 0 Å². The number of allylic oxidation sites excluding steroid dienone is 18. The maximum absolute atomic E-state index is 12.9. The largest absolute Gasteiger partial charge is 0.477 e. The molecule has 0 aliphatic carbocycles. The van der Waals surface area contributed by atoms with Crippen molar-refractivity contribution in [3.63, 3.8) is 0 Å². The number of carbonyl (C=O) groups is 3. The van der Waals surface area contributed by atoms with Crippen LogP contribution < -0.4 is 0 Å². The molecule has 0 heterocycles. The monoisotopic (exact) mass is 1050 g/mol. The smallest absolute Gasteiger partial charge is 0.361 e. The number of ether oxygens (including phenoxy) is 4. The predicted octanol–water partition coefficient (Wildman–Crippen LogP) is 17.9. The lowest BCUT2D eigenvalue weighted by molar-refractivity contribution is -0.870. The van der Waals surface area contributed by atoms with Crippen LogP contribution in [0.1, 0.15) is 232 Å². The molecule has 9 nitrogen and oxygen atoms in total. The number of esters is 2. The number of carboxylic acid groups (broad SMARTS) is 1. The van der Waals surface area contributed by atoms with Crippen LogP contribution in [0.25, 0.3) is 0 Å². The van der Waals surface area contributed by atoms with Crippen molar-refractivity contribution in [2.24, 2.45) is 0 Å². The van der Waals surface area contributed by atoms with Crippen molar-refractivity contribution in [3.8, 4) is 0 Å². The molecule has 0 aliphatic rings. The molecule has 75 heavy (non-hydrogen) atoms. The quantitative estimate of drug-likeness (QED) is 0.0211. The summed E-state index contributed by atoms with van der Waals surface area (Å²) in [5.74, 6) is -2.09. The van der Waals surface area contributed by atoms with Crippen LogP contribution in [0.3, 0.4) is 0 Å². The fourth-order valence-corrected chi connectivity index (χ4v) is 7.92. The number of unbranched alkanes of at least 4 members (excludes halogenated alkanes) is 21. The summed E-state index contributed by atoms with van der Waals surface area (Å²) in [5.41, 5.74) is 0. The van der Waals surface area contributed by atoms with Crippen molar-refractivity contribution in [1.29, 1.82) is 0 Å². The molecule has 1 N–H and O–H groups in total. The first-order valence-electron chi connectivity index (χ1n) is 30.1. The van der Waals surface area contributed by atoms with Gasteiger partial charge in [0.15, 0.2) is 6.10 Å². The summed E-state index contributed by atoms with van der Waals surface area (Å²) in [7, 11) is 5.94. The minimum absolute atomic E-state index is 0.171. The summed E-state index contributed by atoms with van der Waals surface area (Å²) in [6.45, 7) is 4.68. The van der Waals surface area contributed by atoms with Gasteiger partial charge in [-0.2, -0.15) is 0 Å². The minimum atomic E-state index is -1.53. The molecule has 0 radical (unpaired) electrons. The molecule has 0 bridgehead atoms. The summed E-state index contributed by atoms with van der Waals surface area (Å²) >= 11 is 0. The van der Waals surface area contributed by atoms with E-state index in [4.69, 9.17) is 18.9 Å². The lowest BCUT2D eigenvalue weighted by Crippen LogP contribution is -2.40. The number of hydrogen-bond acceptors (Lipinski definition) is 7. The van der Waals surface area contributed by atoms with Gasteiger partial charge in [0.05, 0.1) is 34.4 Å². The van der Waals surface area contributed by atoms with Gasteiger partial charge in [-0.3, -0.25) is 9.59 Å². The van der Waals surface area contributed by atoms with Crippen molar-refractivity contribution in [1.82, 2.24) is 0 Å². The number of quaternary nitrogens is 1. The third-order valence-corrected chi connectivity index (χ3v) is 12.5. The van der Waals surface area contributed by atoms with Crippen LogP contribution in [0.4, 0.5) is 0 Å². The molecular weight excluding hydrogens is 935 g/mol. The zero-order chi connectivity index (χ0) is 54.8. The number of aliphatic carboxylic acids is 1. The lowest BCUT2D eigenvalue weighted by atomic mass is 10.0. The van der Waals surface area contributed by atoms with E-state index in [-0.39, 0.29) is 38.6 Å². The fourth-order valence-electron chi connectivity index (χ4n) is 7.92. The van der Waals surface area contributed by atoms with Crippen LogP contribution >= 0.6 is 0 Å². The number of nitrogens with zero attached hydrogens (tertiary/aromatic N) is 1. The highest BCUT2D eigenvalue weighted by atomic mass is 16.7. The van der Waals surface area contributed by atoms with Gasteiger partial charge < -0.3 is 28.5 Å². The molecule has 0 aromatic heterocycles. The number of likely N-dealkylation sites (N-methyl/N-ethyl adjacent to an activating group) is 1. The highest BCUT2D eigenvalue weighted by molar-refractivity contribution is 5.71. The van der Waals surface area contributed by atoms with Gasteiger partial charge in [0.1, 0.15) is 13.2 Å². The number of rotatable bonds is 54. The van der Waals surface area contributed by atoms with Gasteiger partial charge in [-0.05, 0) is 96.3 Å². The molecule has 0 aromatic carbocycles. The molecule has 0 rings (SSSR count). The van der Waals surface area contributed by atoms with E-state index in [2.05, 4.69) is 123 Å². The molecule has 0 aromatic rings. The van der Waals surface area contributed by atoms with E-state index in [1.54, 1.807) is 0 Å². The minimum Gasteiger partial charge on any atom is -0.477 e. The Hall–Kier alpha value is -4.05. The van der Waals surface area contributed by atoms with E-state index in [1.807, 2.05) is 21.1 Å². The van der Waals surface area contributed by atoms with Crippen molar-refractivity contribution in [3.05, 3.63) is 109 Å². The number of carboxylic acids is 1. The van der Waals surface area contributed by atoms with Crippen LogP contribution in [0, 0.1) is 0 Å². The molecule has 0 amide bonds. The van der Waals surface area contributed by atoms with Gasteiger partial charge in [0.2, 0.25) is 0 Å². The van der Waals surface area contributed by atoms with E-state index in [9.17, 15) is 19.5 Å². The molecule has 0 spiro atoms. The molecular formula is C66H112NO8+. The van der Waals surface area contributed by atoms with Crippen molar-refractivity contribution >= 4 is 17.9 Å². The van der Waals surface area contributed by atoms with Gasteiger partial charge >= 0.3 is 17.9 Å². The average Bonchev–Trinajstić information content (AvgIpc) is 3.38. The van der Waals surface area contributed by atoms with E-state index >= 15 is 0 Å².